The summed E-state index contributed by atoms with van der Waals surface area (Å²) in [7, 11) is 0. The summed E-state index contributed by atoms with van der Waals surface area (Å²) in [4.78, 5) is 42.0. The van der Waals surface area contributed by atoms with Crippen LogP contribution < -0.4 is 5.32 Å². The number of anilines is 1. The van der Waals surface area contributed by atoms with Gasteiger partial charge in [-0.1, -0.05) is 40.8 Å². The van der Waals surface area contributed by atoms with Gasteiger partial charge in [-0.25, -0.2) is 15.0 Å². The first-order valence-electron chi connectivity index (χ1n) is 9.13. The van der Waals surface area contributed by atoms with Crippen LogP contribution in [0.4, 0.5) is 9.52 Å². The number of nitrogens with one attached hydrogen (secondary N) is 1. The fourth-order valence-electron chi connectivity index (χ4n) is 2.63. The standard InChI is InChI=1S/C20H16FN5O3S/c21-15-10-24-20(30-15)25-19(28)17(26-29-11-16-22-8-1-9-23-16)12-2-4-13(5-3-12)18(27)14-6-7-14/h1-5,8-10,14H,6-7,11H2,(H,24,25,28)/b26-17-. The van der Waals surface area contributed by atoms with Gasteiger partial charge >= 0.3 is 0 Å². The molecule has 0 atom stereocenters. The van der Waals surface area contributed by atoms with E-state index in [1.807, 2.05) is 0 Å². The lowest BCUT2D eigenvalue weighted by Gasteiger charge is -2.08. The molecule has 8 nitrogen and oxygen atoms in total. The Morgan fingerprint density at radius 3 is 2.47 bits per heavy atom. The Morgan fingerprint density at radius 2 is 1.83 bits per heavy atom. The number of ketones is 1. The predicted molar refractivity (Wildman–Crippen MR) is 108 cm³/mol. The van der Waals surface area contributed by atoms with E-state index in [4.69, 9.17) is 4.84 Å². The molecule has 4 rings (SSSR count). The molecule has 0 spiro atoms. The van der Waals surface area contributed by atoms with Crippen molar-refractivity contribution in [3.8, 4) is 0 Å². The molecule has 10 heteroatoms. The Labute approximate surface area is 174 Å². The van der Waals surface area contributed by atoms with Crippen molar-refractivity contribution >= 4 is 33.9 Å². The number of nitrogens with zero attached hydrogens (tertiary/aromatic N) is 4. The number of carbonyl (C=O) groups is 2. The molecule has 0 unspecified atom stereocenters. The van der Waals surface area contributed by atoms with Gasteiger partial charge in [0.25, 0.3) is 5.91 Å². The maximum absolute atomic E-state index is 13.2. The summed E-state index contributed by atoms with van der Waals surface area (Å²) in [6.45, 7) is -0.0399. The van der Waals surface area contributed by atoms with Crippen LogP contribution in [0.1, 0.15) is 34.6 Å². The highest BCUT2D eigenvalue weighted by atomic mass is 32.1. The van der Waals surface area contributed by atoms with Crippen LogP contribution in [-0.2, 0) is 16.2 Å². The largest absolute Gasteiger partial charge is 0.387 e. The molecule has 1 aliphatic rings. The van der Waals surface area contributed by atoms with E-state index in [0.29, 0.717) is 28.3 Å². The van der Waals surface area contributed by atoms with Gasteiger partial charge in [0.15, 0.2) is 34.2 Å². The number of thiazole rings is 1. The van der Waals surface area contributed by atoms with Gasteiger partial charge in [0, 0.05) is 29.4 Å². The molecule has 0 radical (unpaired) electrons. The maximum atomic E-state index is 13.2. The maximum Gasteiger partial charge on any atom is 0.280 e. The molecule has 1 fully saturated rings. The highest BCUT2D eigenvalue weighted by Crippen LogP contribution is 2.32. The third-order valence-electron chi connectivity index (χ3n) is 4.27. The number of Topliss-reactive ketones (excluding diaryl/α,β-unsaturated/α-hetero) is 1. The molecular formula is C20H16FN5O3S. The number of carbonyl (C=O) groups excluding carboxylic acids is 2. The molecule has 1 aliphatic carbocycles. The monoisotopic (exact) mass is 425 g/mol. The molecule has 0 aliphatic heterocycles. The molecule has 152 valence electrons. The Morgan fingerprint density at radius 1 is 1.13 bits per heavy atom. The highest BCUT2D eigenvalue weighted by Gasteiger charge is 2.30. The van der Waals surface area contributed by atoms with Crippen LogP contribution in [0.2, 0.25) is 0 Å². The fourth-order valence-corrected chi connectivity index (χ4v) is 3.17. The molecule has 3 aromatic rings. The average molecular weight is 425 g/mol. The van der Waals surface area contributed by atoms with Crippen molar-refractivity contribution in [2.24, 2.45) is 11.1 Å². The van der Waals surface area contributed by atoms with Crippen LogP contribution in [0.5, 0.6) is 0 Å². The van der Waals surface area contributed by atoms with Crippen LogP contribution >= 0.6 is 11.3 Å². The van der Waals surface area contributed by atoms with Gasteiger partial charge in [0.05, 0.1) is 6.20 Å². The molecule has 0 saturated heterocycles. The van der Waals surface area contributed by atoms with Crippen molar-refractivity contribution in [2.75, 3.05) is 5.32 Å². The molecule has 30 heavy (non-hydrogen) atoms. The zero-order valence-electron chi connectivity index (χ0n) is 15.6. The van der Waals surface area contributed by atoms with Crippen molar-refractivity contribution in [1.82, 2.24) is 15.0 Å². The Balaban J connectivity index is 1.54. The number of halogens is 1. The van der Waals surface area contributed by atoms with E-state index < -0.39 is 11.0 Å². The number of oxime groups is 1. The summed E-state index contributed by atoms with van der Waals surface area (Å²) in [5, 5.41) is 6.00. The van der Waals surface area contributed by atoms with Crippen LogP contribution in [0.25, 0.3) is 0 Å². The van der Waals surface area contributed by atoms with E-state index in [1.165, 1.54) is 0 Å². The minimum atomic E-state index is -0.625. The highest BCUT2D eigenvalue weighted by molar-refractivity contribution is 7.14. The zero-order valence-corrected chi connectivity index (χ0v) is 16.4. The Bertz CT molecular complexity index is 1080. The van der Waals surface area contributed by atoms with E-state index in [2.05, 4.69) is 25.4 Å². The molecule has 1 saturated carbocycles. The normalized spacial score (nSPS) is 13.7. The summed E-state index contributed by atoms with van der Waals surface area (Å²) in [5.41, 5.74) is 0.972. The SMILES string of the molecule is O=C(Nc1ncc(F)s1)/C(=N\OCc1ncccn1)c1ccc(C(=O)C2CC2)cc1. The van der Waals surface area contributed by atoms with Crippen LogP contribution in [-0.4, -0.2) is 32.4 Å². The first kappa shape index (κ1) is 19.8. The lowest BCUT2D eigenvalue weighted by Crippen LogP contribution is -2.24. The number of amides is 1. The van der Waals surface area contributed by atoms with Crippen molar-refractivity contribution in [3.05, 3.63) is 71.0 Å². The van der Waals surface area contributed by atoms with Crippen molar-refractivity contribution in [1.29, 1.82) is 0 Å². The third-order valence-corrected chi connectivity index (χ3v) is 4.97. The van der Waals surface area contributed by atoms with Gasteiger partial charge in [-0.15, -0.1) is 0 Å². The lowest BCUT2D eigenvalue weighted by molar-refractivity contribution is -0.110. The summed E-state index contributed by atoms with van der Waals surface area (Å²) in [6.07, 6.45) is 5.97. The third kappa shape index (κ3) is 4.90. The second kappa shape index (κ2) is 8.87. The number of rotatable bonds is 8. The molecule has 2 aromatic heterocycles. The van der Waals surface area contributed by atoms with Crippen molar-refractivity contribution in [2.45, 2.75) is 19.4 Å². The van der Waals surface area contributed by atoms with E-state index in [1.54, 1.807) is 42.7 Å². The van der Waals surface area contributed by atoms with E-state index >= 15 is 0 Å². The van der Waals surface area contributed by atoms with Gasteiger partial charge in [-0.3, -0.25) is 14.9 Å². The van der Waals surface area contributed by atoms with Gasteiger partial charge in [-0.2, -0.15) is 4.39 Å². The molecular weight excluding hydrogens is 409 g/mol. The number of benzene rings is 1. The minimum Gasteiger partial charge on any atom is -0.387 e. The summed E-state index contributed by atoms with van der Waals surface area (Å²) in [5.74, 6) is -0.0329. The van der Waals surface area contributed by atoms with Crippen molar-refractivity contribution < 1.29 is 18.8 Å². The predicted octanol–water partition coefficient (Wildman–Crippen LogP) is 3.22. The zero-order chi connectivity index (χ0) is 20.9. The van der Waals surface area contributed by atoms with Gasteiger partial charge in [0.1, 0.15) is 0 Å². The molecule has 1 N–H and O–H groups in total. The quantitative estimate of drug-likeness (QED) is 0.337. The first-order chi connectivity index (χ1) is 14.6. The topological polar surface area (TPSA) is 106 Å². The summed E-state index contributed by atoms with van der Waals surface area (Å²) < 4.78 is 13.2. The van der Waals surface area contributed by atoms with E-state index in [0.717, 1.165) is 19.0 Å². The molecule has 1 amide bonds. The number of aromatic nitrogens is 3. The van der Waals surface area contributed by atoms with Crippen LogP contribution in [0, 0.1) is 11.0 Å². The van der Waals surface area contributed by atoms with E-state index in [-0.39, 0.29) is 29.2 Å². The van der Waals surface area contributed by atoms with Gasteiger partial charge in [0.2, 0.25) is 0 Å². The molecule has 2 heterocycles. The first-order valence-corrected chi connectivity index (χ1v) is 9.95. The number of hydrogen-bond donors (Lipinski definition) is 1. The Hall–Kier alpha value is -3.53. The van der Waals surface area contributed by atoms with Gasteiger partial charge in [-0.05, 0) is 18.9 Å². The van der Waals surface area contributed by atoms with Crippen LogP contribution in [0.3, 0.4) is 0 Å². The summed E-state index contributed by atoms with van der Waals surface area (Å²) in [6, 6.07) is 8.23. The van der Waals surface area contributed by atoms with E-state index in [9.17, 15) is 14.0 Å². The fraction of sp³-hybridized carbons (Fsp3) is 0.200. The number of hydrogen-bond acceptors (Lipinski definition) is 8. The second-order valence-electron chi connectivity index (χ2n) is 6.52. The molecule has 0 bridgehead atoms. The van der Waals surface area contributed by atoms with Crippen LogP contribution in [0.15, 0.2) is 54.1 Å². The van der Waals surface area contributed by atoms with Crippen molar-refractivity contribution in [3.63, 3.8) is 0 Å². The molecule has 1 aromatic carbocycles. The Kier molecular flexibility index (Phi) is 5.84. The summed E-state index contributed by atoms with van der Waals surface area (Å²) >= 11 is 0.696. The smallest absolute Gasteiger partial charge is 0.280 e. The minimum absolute atomic E-state index is 0.0399. The van der Waals surface area contributed by atoms with Gasteiger partial charge < -0.3 is 4.84 Å². The second-order valence-corrected chi connectivity index (χ2v) is 7.50. The average Bonchev–Trinajstić information content (AvgIpc) is 3.54. The lowest BCUT2D eigenvalue weighted by atomic mass is 10.0.